The molecule has 4 unspecified atom stereocenters. The SMILES string of the molecule is CCCCC(C)C(CC)(C(C)CC)C(O)(c1ccccc1)C(C)C. The summed E-state index contributed by atoms with van der Waals surface area (Å²) < 4.78 is 0. The molecule has 1 rings (SSSR count). The van der Waals surface area contributed by atoms with Crippen LogP contribution in [-0.2, 0) is 5.60 Å². The van der Waals surface area contributed by atoms with Crippen molar-refractivity contribution in [1.29, 1.82) is 0 Å². The maximum Gasteiger partial charge on any atom is 0.0980 e. The normalized spacial score (nSPS) is 19.5. The molecule has 4 atom stereocenters. The molecule has 0 heterocycles. The fraction of sp³-hybridized carbons (Fsp3) is 0.739. The summed E-state index contributed by atoms with van der Waals surface area (Å²) in [4.78, 5) is 0. The van der Waals surface area contributed by atoms with E-state index in [0.717, 1.165) is 18.4 Å². The van der Waals surface area contributed by atoms with Crippen LogP contribution in [0.15, 0.2) is 30.3 Å². The van der Waals surface area contributed by atoms with Gasteiger partial charge in [0.1, 0.15) is 0 Å². The van der Waals surface area contributed by atoms with Gasteiger partial charge in [-0.1, -0.05) is 104 Å². The zero-order valence-electron chi connectivity index (χ0n) is 17.1. The zero-order valence-corrected chi connectivity index (χ0v) is 17.1. The Bertz CT molecular complexity index is 466. The predicted molar refractivity (Wildman–Crippen MR) is 106 cm³/mol. The number of hydrogen-bond acceptors (Lipinski definition) is 1. The lowest BCUT2D eigenvalue weighted by Crippen LogP contribution is -2.56. The van der Waals surface area contributed by atoms with Crippen LogP contribution in [0.25, 0.3) is 0 Å². The van der Waals surface area contributed by atoms with Gasteiger partial charge in [-0.3, -0.25) is 0 Å². The number of unbranched alkanes of at least 4 members (excludes halogenated alkanes) is 1. The van der Waals surface area contributed by atoms with Crippen LogP contribution in [0.4, 0.5) is 0 Å². The highest BCUT2D eigenvalue weighted by Gasteiger charge is 2.56. The molecule has 0 radical (unpaired) electrons. The summed E-state index contributed by atoms with van der Waals surface area (Å²) in [5, 5.41) is 12.2. The molecule has 0 amide bonds. The van der Waals surface area contributed by atoms with Crippen molar-refractivity contribution < 1.29 is 5.11 Å². The Morgan fingerprint density at radius 1 is 0.917 bits per heavy atom. The third kappa shape index (κ3) is 3.57. The first-order valence-corrected chi connectivity index (χ1v) is 10.1. The summed E-state index contributed by atoms with van der Waals surface area (Å²) in [6.07, 6.45) is 5.76. The molecule has 0 saturated heterocycles. The molecule has 1 nitrogen and oxygen atoms in total. The van der Waals surface area contributed by atoms with E-state index in [-0.39, 0.29) is 11.3 Å². The maximum atomic E-state index is 12.2. The van der Waals surface area contributed by atoms with Gasteiger partial charge in [0.25, 0.3) is 0 Å². The first kappa shape index (κ1) is 21.2. The van der Waals surface area contributed by atoms with Crippen molar-refractivity contribution in [3.05, 3.63) is 35.9 Å². The second-order valence-electron chi connectivity index (χ2n) is 8.03. The van der Waals surface area contributed by atoms with Crippen LogP contribution in [0.2, 0.25) is 0 Å². The van der Waals surface area contributed by atoms with Crippen molar-refractivity contribution in [2.75, 3.05) is 0 Å². The van der Waals surface area contributed by atoms with Gasteiger partial charge >= 0.3 is 0 Å². The van der Waals surface area contributed by atoms with E-state index in [2.05, 4.69) is 72.7 Å². The largest absolute Gasteiger partial charge is 0.384 e. The highest BCUT2D eigenvalue weighted by molar-refractivity contribution is 5.27. The second-order valence-corrected chi connectivity index (χ2v) is 8.03. The molecule has 0 aliphatic rings. The molecule has 0 saturated carbocycles. The summed E-state index contributed by atoms with van der Waals surface area (Å²) in [6, 6.07) is 10.4. The molecule has 0 spiro atoms. The van der Waals surface area contributed by atoms with E-state index in [1.54, 1.807) is 0 Å². The molecule has 0 bridgehead atoms. The quantitative estimate of drug-likeness (QED) is 0.499. The minimum Gasteiger partial charge on any atom is -0.384 e. The highest BCUT2D eigenvalue weighted by Crippen LogP contribution is 2.58. The van der Waals surface area contributed by atoms with Crippen molar-refractivity contribution >= 4 is 0 Å². The van der Waals surface area contributed by atoms with Crippen molar-refractivity contribution in [2.45, 2.75) is 86.2 Å². The van der Waals surface area contributed by atoms with E-state index in [1.807, 2.05) is 6.07 Å². The van der Waals surface area contributed by atoms with Crippen LogP contribution < -0.4 is 0 Å². The van der Waals surface area contributed by atoms with Crippen LogP contribution in [0.5, 0.6) is 0 Å². The van der Waals surface area contributed by atoms with E-state index < -0.39 is 5.60 Å². The van der Waals surface area contributed by atoms with Crippen LogP contribution in [0.3, 0.4) is 0 Å². The van der Waals surface area contributed by atoms with E-state index in [4.69, 9.17) is 0 Å². The standard InChI is InChI=1S/C23H40O/c1-8-11-15-20(7)22(10-3,19(6)9-2)23(24,18(4)5)21-16-13-12-14-17-21/h12-14,16-20,24H,8-11,15H2,1-7H3. The lowest BCUT2D eigenvalue weighted by Gasteiger charge is -2.57. The van der Waals surface area contributed by atoms with Gasteiger partial charge in [-0.15, -0.1) is 0 Å². The van der Waals surface area contributed by atoms with Crippen molar-refractivity contribution in [3.8, 4) is 0 Å². The Morgan fingerprint density at radius 3 is 1.92 bits per heavy atom. The molecule has 0 aliphatic carbocycles. The van der Waals surface area contributed by atoms with E-state index >= 15 is 0 Å². The molecule has 0 fully saturated rings. The molecule has 0 aliphatic heterocycles. The smallest absolute Gasteiger partial charge is 0.0980 e. The van der Waals surface area contributed by atoms with Crippen LogP contribution in [0, 0.1) is 23.2 Å². The number of hydrogen-bond donors (Lipinski definition) is 1. The lowest BCUT2D eigenvalue weighted by molar-refractivity contribution is -0.182. The third-order valence-electron chi connectivity index (χ3n) is 6.71. The average Bonchev–Trinajstić information content (AvgIpc) is 2.60. The summed E-state index contributed by atoms with van der Waals surface area (Å²) in [5.41, 5.74) is 0.184. The zero-order chi connectivity index (χ0) is 18.4. The number of rotatable bonds is 10. The van der Waals surface area contributed by atoms with E-state index in [1.165, 1.54) is 19.3 Å². The molecule has 1 N–H and O–H groups in total. The Balaban J connectivity index is 3.57. The first-order chi connectivity index (χ1) is 11.3. The van der Waals surface area contributed by atoms with Gasteiger partial charge in [0.05, 0.1) is 5.60 Å². The van der Waals surface area contributed by atoms with Gasteiger partial charge in [0, 0.05) is 5.41 Å². The minimum atomic E-state index is -0.800. The monoisotopic (exact) mass is 332 g/mol. The average molecular weight is 333 g/mol. The summed E-state index contributed by atoms with van der Waals surface area (Å²) in [5.74, 6) is 1.14. The van der Waals surface area contributed by atoms with E-state index in [9.17, 15) is 5.11 Å². The maximum absolute atomic E-state index is 12.2. The fourth-order valence-corrected chi connectivity index (χ4v) is 5.17. The summed E-state index contributed by atoms with van der Waals surface area (Å²) in [7, 11) is 0. The Kier molecular flexibility index (Phi) is 7.99. The molecular weight excluding hydrogens is 292 g/mol. The molecule has 138 valence electrons. The van der Waals surface area contributed by atoms with Gasteiger partial charge in [-0.2, -0.15) is 0 Å². The third-order valence-corrected chi connectivity index (χ3v) is 6.71. The first-order valence-electron chi connectivity index (χ1n) is 10.1. The van der Waals surface area contributed by atoms with Crippen molar-refractivity contribution in [2.24, 2.45) is 23.2 Å². The van der Waals surface area contributed by atoms with Gasteiger partial charge in [-0.05, 0) is 29.7 Å². The molecule has 0 aromatic heterocycles. The number of aliphatic hydroxyl groups is 1. The molecule has 1 heteroatoms. The van der Waals surface area contributed by atoms with Crippen molar-refractivity contribution in [1.82, 2.24) is 0 Å². The Morgan fingerprint density at radius 2 is 1.50 bits per heavy atom. The van der Waals surface area contributed by atoms with E-state index in [0.29, 0.717) is 11.8 Å². The molecular formula is C23H40O. The molecule has 1 aromatic carbocycles. The highest BCUT2D eigenvalue weighted by atomic mass is 16.3. The molecule has 1 aromatic rings. The molecule has 24 heavy (non-hydrogen) atoms. The Hall–Kier alpha value is -0.820. The van der Waals surface area contributed by atoms with Crippen LogP contribution >= 0.6 is 0 Å². The van der Waals surface area contributed by atoms with Crippen LogP contribution in [0.1, 0.15) is 86.1 Å². The minimum absolute atomic E-state index is 0.105. The summed E-state index contributed by atoms with van der Waals surface area (Å²) in [6.45, 7) is 15.9. The summed E-state index contributed by atoms with van der Waals surface area (Å²) >= 11 is 0. The lowest BCUT2D eigenvalue weighted by atomic mass is 9.50. The van der Waals surface area contributed by atoms with Crippen LogP contribution in [-0.4, -0.2) is 5.11 Å². The van der Waals surface area contributed by atoms with Gasteiger partial charge < -0.3 is 5.11 Å². The second kappa shape index (κ2) is 9.04. The van der Waals surface area contributed by atoms with Gasteiger partial charge in [0.2, 0.25) is 0 Å². The number of benzene rings is 1. The van der Waals surface area contributed by atoms with Gasteiger partial charge in [-0.25, -0.2) is 0 Å². The fourth-order valence-electron chi connectivity index (χ4n) is 5.17. The predicted octanol–water partition coefficient (Wildman–Crippen LogP) is 6.80. The van der Waals surface area contributed by atoms with Crippen molar-refractivity contribution in [3.63, 3.8) is 0 Å². The topological polar surface area (TPSA) is 20.2 Å². The Labute approximate surface area is 150 Å². The van der Waals surface area contributed by atoms with Gasteiger partial charge in [0.15, 0.2) is 0 Å².